The first-order chi connectivity index (χ1) is 12.6. The van der Waals surface area contributed by atoms with Gasteiger partial charge in [-0.1, -0.05) is 12.1 Å². The second-order valence-corrected chi connectivity index (χ2v) is 6.04. The molecule has 1 unspecified atom stereocenters. The van der Waals surface area contributed by atoms with Crippen LogP contribution in [0.25, 0.3) is 0 Å². The van der Waals surface area contributed by atoms with Gasteiger partial charge in [-0.05, 0) is 36.4 Å². The zero-order chi connectivity index (χ0) is 18.3. The smallest absolute Gasteiger partial charge is 0.414 e. The van der Waals surface area contributed by atoms with Crippen molar-refractivity contribution in [3.63, 3.8) is 0 Å². The topological polar surface area (TPSA) is 90.7 Å². The van der Waals surface area contributed by atoms with Crippen molar-refractivity contribution in [1.29, 1.82) is 5.26 Å². The number of hydrogen-bond acceptors (Lipinski definition) is 5. The summed E-state index contributed by atoms with van der Waals surface area (Å²) >= 11 is 0. The number of cyclic esters (lactones) is 1. The number of carbonyl (C=O) groups is 3. The second-order valence-electron chi connectivity index (χ2n) is 6.04. The Labute approximate surface area is 149 Å². The first-order valence-corrected chi connectivity index (χ1v) is 8.02. The molecule has 2 aromatic rings. The number of nitriles is 1. The van der Waals surface area contributed by atoms with Crippen molar-refractivity contribution < 1.29 is 19.1 Å². The van der Waals surface area contributed by atoms with Gasteiger partial charge in [-0.15, -0.1) is 0 Å². The van der Waals surface area contributed by atoms with Gasteiger partial charge in [0.2, 0.25) is 0 Å². The molecule has 2 aliphatic heterocycles. The summed E-state index contributed by atoms with van der Waals surface area (Å²) in [6.07, 6.45) is -1.16. The van der Waals surface area contributed by atoms with Gasteiger partial charge in [-0.2, -0.15) is 5.26 Å². The van der Waals surface area contributed by atoms with E-state index in [-0.39, 0.29) is 24.9 Å². The van der Waals surface area contributed by atoms with Crippen LogP contribution in [0.15, 0.2) is 48.5 Å². The van der Waals surface area contributed by atoms with E-state index in [1.54, 1.807) is 48.5 Å². The number of fused-ring (bicyclic) bond motifs is 1. The molecule has 4 rings (SSSR count). The van der Waals surface area contributed by atoms with Gasteiger partial charge >= 0.3 is 6.09 Å². The Bertz CT molecular complexity index is 926. The fourth-order valence-electron chi connectivity index (χ4n) is 3.15. The minimum absolute atomic E-state index is 0.00483. The molecule has 3 amide bonds. The van der Waals surface area contributed by atoms with Gasteiger partial charge in [0.15, 0.2) is 0 Å². The molecule has 2 heterocycles. The number of imide groups is 1. The predicted octanol–water partition coefficient (Wildman–Crippen LogP) is 2.18. The molecule has 7 nitrogen and oxygen atoms in total. The first-order valence-electron chi connectivity index (χ1n) is 8.02. The highest BCUT2D eigenvalue weighted by molar-refractivity contribution is 6.21. The van der Waals surface area contributed by atoms with Gasteiger partial charge < -0.3 is 4.74 Å². The maximum absolute atomic E-state index is 12.4. The zero-order valence-corrected chi connectivity index (χ0v) is 13.6. The monoisotopic (exact) mass is 347 g/mol. The number of amides is 3. The summed E-state index contributed by atoms with van der Waals surface area (Å²) in [7, 11) is 0. The predicted molar refractivity (Wildman–Crippen MR) is 90.6 cm³/mol. The van der Waals surface area contributed by atoms with Crippen molar-refractivity contribution in [1.82, 2.24) is 4.90 Å². The summed E-state index contributed by atoms with van der Waals surface area (Å²) in [5.74, 6) is -0.753. The van der Waals surface area contributed by atoms with Crippen LogP contribution in [0.5, 0.6) is 0 Å². The van der Waals surface area contributed by atoms with Crippen molar-refractivity contribution in [2.75, 3.05) is 18.0 Å². The van der Waals surface area contributed by atoms with E-state index in [0.717, 1.165) is 4.90 Å². The average molecular weight is 347 g/mol. The van der Waals surface area contributed by atoms with E-state index in [0.29, 0.717) is 22.4 Å². The van der Waals surface area contributed by atoms with E-state index < -0.39 is 12.2 Å². The normalized spacial score (nSPS) is 18.7. The van der Waals surface area contributed by atoms with Crippen molar-refractivity contribution in [3.8, 4) is 6.07 Å². The highest BCUT2D eigenvalue weighted by Gasteiger charge is 2.40. The summed E-state index contributed by atoms with van der Waals surface area (Å²) in [4.78, 5) is 39.5. The molecule has 2 aromatic carbocycles. The Hall–Kier alpha value is -3.66. The molecule has 0 aromatic heterocycles. The number of ether oxygens (including phenoxy) is 1. The van der Waals surface area contributed by atoms with Crippen LogP contribution in [0.3, 0.4) is 0 Å². The summed E-state index contributed by atoms with van der Waals surface area (Å²) in [6.45, 7) is 0.225. The van der Waals surface area contributed by atoms with Gasteiger partial charge in [-0.25, -0.2) is 4.79 Å². The van der Waals surface area contributed by atoms with Crippen LogP contribution in [-0.4, -0.2) is 42.0 Å². The van der Waals surface area contributed by atoms with Crippen LogP contribution in [0.1, 0.15) is 26.3 Å². The lowest BCUT2D eigenvalue weighted by molar-refractivity contribution is 0.0558. The Morgan fingerprint density at radius 2 is 1.62 bits per heavy atom. The maximum atomic E-state index is 12.4. The van der Waals surface area contributed by atoms with Crippen LogP contribution in [0.2, 0.25) is 0 Å². The Morgan fingerprint density at radius 3 is 2.19 bits per heavy atom. The first kappa shape index (κ1) is 15.8. The molecule has 2 aliphatic rings. The van der Waals surface area contributed by atoms with Crippen molar-refractivity contribution >= 4 is 23.6 Å². The van der Waals surface area contributed by atoms with E-state index in [2.05, 4.69) is 0 Å². The van der Waals surface area contributed by atoms with E-state index >= 15 is 0 Å². The largest absolute Gasteiger partial charge is 0.442 e. The minimum atomic E-state index is -0.611. The van der Waals surface area contributed by atoms with Crippen LogP contribution < -0.4 is 4.90 Å². The molecule has 0 N–H and O–H groups in total. The fraction of sp³-hybridized carbons (Fsp3) is 0.158. The third-order valence-electron chi connectivity index (χ3n) is 4.45. The number of anilines is 1. The third kappa shape index (κ3) is 2.48. The van der Waals surface area contributed by atoms with E-state index in [4.69, 9.17) is 10.00 Å². The average Bonchev–Trinajstić information content (AvgIpc) is 3.15. The lowest BCUT2D eigenvalue weighted by Gasteiger charge is -2.17. The van der Waals surface area contributed by atoms with Crippen molar-refractivity contribution in [2.45, 2.75) is 6.10 Å². The maximum Gasteiger partial charge on any atom is 0.414 e. The molecule has 0 aliphatic carbocycles. The third-order valence-corrected chi connectivity index (χ3v) is 4.45. The molecule has 0 saturated carbocycles. The molecule has 26 heavy (non-hydrogen) atoms. The molecule has 0 bridgehead atoms. The van der Waals surface area contributed by atoms with Crippen molar-refractivity contribution in [2.24, 2.45) is 0 Å². The molecule has 1 fully saturated rings. The molecule has 0 radical (unpaired) electrons. The van der Waals surface area contributed by atoms with Gasteiger partial charge in [-0.3, -0.25) is 19.4 Å². The second kappa shape index (κ2) is 6.01. The Morgan fingerprint density at radius 1 is 1.00 bits per heavy atom. The highest BCUT2D eigenvalue weighted by Crippen LogP contribution is 2.26. The summed E-state index contributed by atoms with van der Waals surface area (Å²) < 4.78 is 5.32. The number of hydrogen-bond donors (Lipinski definition) is 0. The van der Waals surface area contributed by atoms with Crippen LogP contribution in [0, 0.1) is 11.3 Å². The highest BCUT2D eigenvalue weighted by atomic mass is 16.6. The van der Waals surface area contributed by atoms with Gasteiger partial charge in [0.25, 0.3) is 11.8 Å². The summed E-state index contributed by atoms with van der Waals surface area (Å²) in [5, 5.41) is 8.85. The van der Waals surface area contributed by atoms with Crippen molar-refractivity contribution in [3.05, 3.63) is 65.2 Å². The van der Waals surface area contributed by atoms with Crippen LogP contribution in [-0.2, 0) is 4.74 Å². The molecule has 7 heteroatoms. The molecule has 128 valence electrons. The van der Waals surface area contributed by atoms with Crippen LogP contribution in [0.4, 0.5) is 10.5 Å². The van der Waals surface area contributed by atoms with Gasteiger partial charge in [0.1, 0.15) is 6.10 Å². The minimum Gasteiger partial charge on any atom is -0.442 e. The Kier molecular flexibility index (Phi) is 3.66. The number of benzene rings is 2. The SMILES string of the molecule is N#Cc1ccc(N2CC(CN3C(=O)c4ccccc4C3=O)OC2=O)cc1. The number of rotatable bonds is 3. The number of nitrogens with zero attached hydrogens (tertiary/aromatic N) is 3. The Balaban J connectivity index is 1.49. The summed E-state index contributed by atoms with van der Waals surface area (Å²) in [5.41, 5.74) is 1.82. The number of carbonyl (C=O) groups excluding carboxylic acids is 3. The lowest BCUT2D eigenvalue weighted by Crippen LogP contribution is -2.38. The van der Waals surface area contributed by atoms with E-state index in [9.17, 15) is 14.4 Å². The van der Waals surface area contributed by atoms with E-state index in [1.165, 1.54) is 4.90 Å². The molecule has 1 atom stereocenters. The van der Waals surface area contributed by atoms with E-state index in [1.807, 2.05) is 6.07 Å². The molecule has 1 saturated heterocycles. The molecular formula is C19H13N3O4. The lowest BCUT2D eigenvalue weighted by atomic mass is 10.1. The zero-order valence-electron chi connectivity index (χ0n) is 13.6. The fourth-order valence-corrected chi connectivity index (χ4v) is 3.15. The molecule has 0 spiro atoms. The standard InChI is InChI=1S/C19H13N3O4/c20-9-12-5-7-13(8-6-12)21-10-14(26-19(21)25)11-22-17(23)15-3-1-2-4-16(15)18(22)24/h1-8,14H,10-11H2. The quantitative estimate of drug-likeness (QED) is 0.794. The van der Waals surface area contributed by atoms with Gasteiger partial charge in [0.05, 0.1) is 35.8 Å². The van der Waals surface area contributed by atoms with Crippen LogP contribution >= 0.6 is 0 Å². The van der Waals surface area contributed by atoms with Gasteiger partial charge in [0, 0.05) is 5.69 Å². The molecular weight excluding hydrogens is 334 g/mol. The summed E-state index contributed by atoms with van der Waals surface area (Å²) in [6, 6.07) is 15.2.